The second kappa shape index (κ2) is 4.94. The zero-order valence-corrected chi connectivity index (χ0v) is 11.0. The van der Waals surface area contributed by atoms with Crippen molar-refractivity contribution in [3.8, 4) is 0 Å². The normalized spacial score (nSPS) is 33.7. The van der Waals surface area contributed by atoms with Crippen molar-refractivity contribution >= 4 is 15.9 Å². The summed E-state index contributed by atoms with van der Waals surface area (Å²) in [6.07, 6.45) is 4.32. The van der Waals surface area contributed by atoms with Gasteiger partial charge in [0.05, 0.1) is 5.75 Å². The van der Waals surface area contributed by atoms with Crippen LogP contribution in [0.15, 0.2) is 0 Å². The van der Waals surface area contributed by atoms with E-state index in [4.69, 9.17) is 0 Å². The molecule has 2 aliphatic rings. The average Bonchev–Trinajstić information content (AvgIpc) is 2.28. The van der Waals surface area contributed by atoms with Crippen LogP contribution in [0.1, 0.15) is 38.5 Å². The lowest BCUT2D eigenvalue weighted by atomic mass is 9.91. The summed E-state index contributed by atoms with van der Waals surface area (Å²) in [5, 5.41) is 3.21. The van der Waals surface area contributed by atoms with Gasteiger partial charge >= 0.3 is 0 Å². The smallest absolute Gasteiger partial charge is 0.237 e. The van der Waals surface area contributed by atoms with Crippen LogP contribution >= 0.6 is 0 Å². The highest BCUT2D eigenvalue weighted by molar-refractivity contribution is 7.89. The van der Waals surface area contributed by atoms with Crippen molar-refractivity contribution in [3.63, 3.8) is 0 Å². The number of nitrogens with zero attached hydrogens (tertiary/aromatic N) is 1. The van der Waals surface area contributed by atoms with Gasteiger partial charge in [0.1, 0.15) is 0 Å². The summed E-state index contributed by atoms with van der Waals surface area (Å²) >= 11 is 0. The number of carbonyl (C=O) groups is 1. The summed E-state index contributed by atoms with van der Waals surface area (Å²) in [6.45, 7) is 0. The summed E-state index contributed by atoms with van der Waals surface area (Å²) in [7, 11) is -1.41. The third-order valence-corrected chi connectivity index (χ3v) is 5.68. The van der Waals surface area contributed by atoms with Crippen LogP contribution < -0.4 is 5.32 Å². The second-order valence-corrected chi connectivity index (χ2v) is 6.87. The lowest BCUT2D eigenvalue weighted by Crippen LogP contribution is -2.50. The van der Waals surface area contributed by atoms with E-state index in [-0.39, 0.29) is 17.7 Å². The van der Waals surface area contributed by atoms with Crippen LogP contribution in [-0.4, -0.2) is 43.5 Å². The minimum atomic E-state index is -3.33. The first-order valence-corrected chi connectivity index (χ1v) is 7.87. The van der Waals surface area contributed by atoms with E-state index in [1.807, 2.05) is 7.05 Å². The van der Waals surface area contributed by atoms with Gasteiger partial charge in [0.15, 0.2) is 0 Å². The quantitative estimate of drug-likeness (QED) is 0.784. The fourth-order valence-electron chi connectivity index (χ4n) is 2.80. The van der Waals surface area contributed by atoms with E-state index in [9.17, 15) is 13.2 Å². The van der Waals surface area contributed by atoms with Gasteiger partial charge in [-0.05, 0) is 39.2 Å². The first-order valence-electron chi connectivity index (χ1n) is 6.27. The van der Waals surface area contributed by atoms with E-state index in [2.05, 4.69) is 5.32 Å². The number of hydrogen-bond donors (Lipinski definition) is 1. The molecule has 1 aliphatic carbocycles. The van der Waals surface area contributed by atoms with Gasteiger partial charge in [0.2, 0.25) is 15.9 Å². The summed E-state index contributed by atoms with van der Waals surface area (Å²) < 4.78 is 25.0. The number of amides is 1. The molecule has 0 aromatic heterocycles. The number of sulfonamides is 1. The summed E-state index contributed by atoms with van der Waals surface area (Å²) in [5.74, 6) is -0.0748. The Morgan fingerprint density at radius 2 is 1.88 bits per heavy atom. The van der Waals surface area contributed by atoms with Gasteiger partial charge in [-0.3, -0.25) is 4.79 Å². The Labute approximate surface area is 103 Å². The molecule has 1 saturated heterocycles. The second-order valence-electron chi connectivity index (χ2n) is 4.90. The fraction of sp³-hybridized carbons (Fsp3) is 0.909. The number of rotatable bonds is 2. The lowest BCUT2D eigenvalue weighted by molar-refractivity contribution is -0.129. The summed E-state index contributed by atoms with van der Waals surface area (Å²) in [6, 6.07) is 0.367. The number of hydrogen-bond acceptors (Lipinski definition) is 4. The maximum atomic E-state index is 11.9. The summed E-state index contributed by atoms with van der Waals surface area (Å²) in [5.41, 5.74) is 0. The van der Waals surface area contributed by atoms with Gasteiger partial charge in [-0.2, -0.15) is 0 Å². The molecular weight excluding hydrogens is 240 g/mol. The molecule has 0 unspecified atom stereocenters. The SMILES string of the molecule is CNC1CCC(N2C(=O)CCCS2(=O)=O)CC1. The van der Waals surface area contributed by atoms with Crippen molar-refractivity contribution in [2.24, 2.45) is 0 Å². The van der Waals surface area contributed by atoms with Crippen LogP contribution in [0.5, 0.6) is 0 Å². The molecule has 6 heteroatoms. The number of nitrogens with one attached hydrogen (secondary N) is 1. The molecule has 2 fully saturated rings. The largest absolute Gasteiger partial charge is 0.317 e. The van der Waals surface area contributed by atoms with Gasteiger partial charge < -0.3 is 5.32 Å². The predicted molar refractivity (Wildman–Crippen MR) is 65.0 cm³/mol. The van der Waals surface area contributed by atoms with Gasteiger partial charge in [0.25, 0.3) is 0 Å². The summed E-state index contributed by atoms with van der Waals surface area (Å²) in [4.78, 5) is 11.8. The third-order valence-electron chi connectivity index (χ3n) is 3.78. The van der Waals surface area contributed by atoms with Gasteiger partial charge in [-0.15, -0.1) is 0 Å². The molecule has 1 heterocycles. The van der Waals surface area contributed by atoms with Gasteiger partial charge in [-0.1, -0.05) is 0 Å². The molecule has 2 rings (SSSR count). The van der Waals surface area contributed by atoms with Crippen LogP contribution in [0.2, 0.25) is 0 Å². The van der Waals surface area contributed by atoms with Crippen LogP contribution in [0, 0.1) is 0 Å². The van der Waals surface area contributed by atoms with Crippen molar-refractivity contribution in [1.82, 2.24) is 9.62 Å². The molecule has 1 N–H and O–H groups in total. The maximum absolute atomic E-state index is 11.9. The van der Waals surface area contributed by atoms with Gasteiger partial charge in [0, 0.05) is 18.5 Å². The molecule has 0 radical (unpaired) electrons. The average molecular weight is 260 g/mol. The van der Waals surface area contributed by atoms with Crippen molar-refractivity contribution < 1.29 is 13.2 Å². The van der Waals surface area contributed by atoms with Crippen LogP contribution in [-0.2, 0) is 14.8 Å². The van der Waals surface area contributed by atoms with E-state index in [0.717, 1.165) is 25.7 Å². The van der Waals surface area contributed by atoms with Crippen molar-refractivity contribution in [2.45, 2.75) is 50.6 Å². The Bertz CT molecular complexity index is 386. The standard InChI is InChI=1S/C11H20N2O3S/c1-12-9-4-6-10(7-5-9)13-11(14)3-2-8-17(13,15)16/h9-10,12H,2-8H2,1H3. The Morgan fingerprint density at radius 3 is 2.41 bits per heavy atom. The maximum Gasteiger partial charge on any atom is 0.237 e. The Hall–Kier alpha value is -0.620. The predicted octanol–water partition coefficient (Wildman–Crippen LogP) is 0.469. The first-order chi connectivity index (χ1) is 8.04. The Morgan fingerprint density at radius 1 is 1.24 bits per heavy atom. The molecular formula is C11H20N2O3S. The molecule has 0 spiro atoms. The van der Waals surface area contributed by atoms with Crippen molar-refractivity contribution in [2.75, 3.05) is 12.8 Å². The molecule has 0 atom stereocenters. The van der Waals surface area contributed by atoms with Crippen LogP contribution in [0.25, 0.3) is 0 Å². The molecule has 0 aromatic carbocycles. The molecule has 17 heavy (non-hydrogen) atoms. The van der Waals surface area contributed by atoms with Gasteiger partial charge in [-0.25, -0.2) is 12.7 Å². The topological polar surface area (TPSA) is 66.5 Å². The molecule has 5 nitrogen and oxygen atoms in total. The van der Waals surface area contributed by atoms with Crippen LogP contribution in [0.3, 0.4) is 0 Å². The molecule has 0 bridgehead atoms. The van der Waals surface area contributed by atoms with E-state index in [0.29, 0.717) is 18.9 Å². The number of carbonyl (C=O) groups excluding carboxylic acids is 1. The molecule has 1 saturated carbocycles. The minimum Gasteiger partial charge on any atom is -0.317 e. The highest BCUT2D eigenvalue weighted by Gasteiger charge is 2.38. The highest BCUT2D eigenvalue weighted by atomic mass is 32.2. The molecule has 0 aromatic rings. The zero-order valence-electron chi connectivity index (χ0n) is 10.2. The van der Waals surface area contributed by atoms with Crippen molar-refractivity contribution in [3.05, 3.63) is 0 Å². The first kappa shape index (κ1) is 12.8. The minimum absolute atomic E-state index is 0.0996. The molecule has 98 valence electrons. The lowest BCUT2D eigenvalue weighted by Gasteiger charge is -2.37. The van der Waals surface area contributed by atoms with E-state index >= 15 is 0 Å². The van der Waals surface area contributed by atoms with Crippen LogP contribution in [0.4, 0.5) is 0 Å². The molecule has 1 amide bonds. The van der Waals surface area contributed by atoms with E-state index in [1.165, 1.54) is 4.31 Å². The third kappa shape index (κ3) is 2.63. The van der Waals surface area contributed by atoms with E-state index in [1.54, 1.807) is 0 Å². The fourth-order valence-corrected chi connectivity index (χ4v) is 4.57. The molecule has 1 aliphatic heterocycles. The highest BCUT2D eigenvalue weighted by Crippen LogP contribution is 2.28. The Kier molecular flexibility index (Phi) is 3.73. The Balaban J connectivity index is 2.08. The zero-order chi connectivity index (χ0) is 12.5. The van der Waals surface area contributed by atoms with Crippen molar-refractivity contribution in [1.29, 1.82) is 0 Å². The monoisotopic (exact) mass is 260 g/mol. The van der Waals surface area contributed by atoms with E-state index < -0.39 is 10.0 Å².